The lowest BCUT2D eigenvalue weighted by atomic mass is 9.82. The Kier molecular flexibility index (Phi) is 4.97. The molecule has 0 spiro atoms. The van der Waals surface area contributed by atoms with Gasteiger partial charge in [-0.15, -0.1) is 0 Å². The third kappa shape index (κ3) is 4.26. The van der Waals surface area contributed by atoms with Crippen molar-refractivity contribution in [3.8, 4) is 0 Å². The first kappa shape index (κ1) is 15.9. The summed E-state index contributed by atoms with van der Waals surface area (Å²) in [6, 6.07) is 6.39. The second-order valence-electron chi connectivity index (χ2n) is 5.09. The van der Waals surface area contributed by atoms with Crippen LogP contribution < -0.4 is 0 Å². The van der Waals surface area contributed by atoms with Gasteiger partial charge < -0.3 is 9.84 Å². The van der Waals surface area contributed by atoms with Gasteiger partial charge in [0, 0.05) is 0 Å². The minimum atomic E-state index is -3.76. The van der Waals surface area contributed by atoms with Crippen LogP contribution in [-0.2, 0) is 23.8 Å². The quantitative estimate of drug-likeness (QED) is 0.607. The van der Waals surface area contributed by atoms with Gasteiger partial charge in [0.1, 0.15) is 0 Å². The van der Waals surface area contributed by atoms with Crippen LogP contribution >= 0.6 is 0 Å². The molecule has 0 bridgehead atoms. The molecule has 1 aliphatic carbocycles. The van der Waals surface area contributed by atoms with Gasteiger partial charge in [-0.25, -0.2) is 0 Å². The van der Waals surface area contributed by atoms with Crippen molar-refractivity contribution < 1.29 is 27.2 Å². The van der Waals surface area contributed by atoms with Crippen LogP contribution in [0.15, 0.2) is 29.2 Å². The Bertz CT molecular complexity index is 586. The van der Waals surface area contributed by atoms with Gasteiger partial charge in [-0.05, 0) is 31.9 Å². The van der Waals surface area contributed by atoms with Gasteiger partial charge in [0.15, 0.2) is 0 Å². The van der Waals surface area contributed by atoms with Gasteiger partial charge in [-0.1, -0.05) is 17.7 Å². The van der Waals surface area contributed by atoms with Crippen molar-refractivity contribution in [1.82, 2.24) is 0 Å². The fraction of sp³-hybridized carbons (Fsp3) is 0.500. The van der Waals surface area contributed by atoms with E-state index >= 15 is 0 Å². The molecule has 1 aromatic rings. The fourth-order valence-corrected chi connectivity index (χ4v) is 2.93. The van der Waals surface area contributed by atoms with Crippen molar-refractivity contribution >= 4 is 16.1 Å². The zero-order valence-corrected chi connectivity index (χ0v) is 12.5. The molecule has 0 atom stereocenters. The van der Waals surface area contributed by atoms with Crippen LogP contribution in [0, 0.1) is 12.8 Å². The van der Waals surface area contributed by atoms with E-state index in [1.807, 2.05) is 6.92 Å². The maximum atomic E-state index is 11.9. The molecule has 21 heavy (non-hydrogen) atoms. The second kappa shape index (κ2) is 6.55. The van der Waals surface area contributed by atoms with E-state index in [1.54, 1.807) is 12.1 Å². The minimum absolute atomic E-state index is 0.0789. The highest BCUT2D eigenvalue weighted by Crippen LogP contribution is 2.30. The monoisotopic (exact) mass is 314 g/mol. The smallest absolute Gasteiger partial charge is 0.306 e. The molecule has 0 amide bonds. The third-order valence-corrected chi connectivity index (χ3v) is 4.76. The van der Waals surface area contributed by atoms with E-state index in [0.29, 0.717) is 12.8 Å². The molecule has 0 aromatic heterocycles. The molecule has 1 N–H and O–H groups in total. The summed E-state index contributed by atoms with van der Waals surface area (Å²) in [5.41, 5.74) is 0.968. The normalized spacial score (nSPS) is 21.8. The summed E-state index contributed by atoms with van der Waals surface area (Å²) in [7, 11) is -3.76. The predicted molar refractivity (Wildman–Crippen MR) is 74.4 cm³/mol. The standard InChI is InChI=1S/C14H18O6S/c1-10-2-4-13(5-3-10)21(17,18)20-7-6-19-12-8-11(9-12)14(15)16/h2-5,11-12H,6-9H2,1H3,(H,15,16)/t11-,12+. The van der Waals surface area contributed by atoms with Crippen molar-refractivity contribution in [1.29, 1.82) is 0 Å². The van der Waals surface area contributed by atoms with E-state index in [-0.39, 0.29) is 30.1 Å². The van der Waals surface area contributed by atoms with Gasteiger partial charge in [0.2, 0.25) is 0 Å². The highest BCUT2D eigenvalue weighted by atomic mass is 32.2. The van der Waals surface area contributed by atoms with Crippen LogP contribution in [0.5, 0.6) is 0 Å². The first-order valence-corrected chi connectivity index (χ1v) is 8.10. The van der Waals surface area contributed by atoms with E-state index in [9.17, 15) is 13.2 Å². The highest BCUT2D eigenvalue weighted by molar-refractivity contribution is 7.86. The van der Waals surface area contributed by atoms with Crippen molar-refractivity contribution in [2.24, 2.45) is 5.92 Å². The Morgan fingerprint density at radius 1 is 1.24 bits per heavy atom. The molecule has 7 heteroatoms. The summed E-state index contributed by atoms with van der Waals surface area (Å²) < 4.78 is 34.0. The maximum absolute atomic E-state index is 11.9. The summed E-state index contributed by atoms with van der Waals surface area (Å²) in [5.74, 6) is -1.15. The number of carbonyl (C=O) groups is 1. The largest absolute Gasteiger partial charge is 0.481 e. The van der Waals surface area contributed by atoms with E-state index in [2.05, 4.69) is 0 Å². The highest BCUT2D eigenvalue weighted by Gasteiger charge is 2.35. The molecule has 0 heterocycles. The molecule has 2 rings (SSSR count). The predicted octanol–water partition coefficient (Wildman–Crippen LogP) is 1.58. The van der Waals surface area contributed by atoms with Crippen molar-refractivity contribution in [3.05, 3.63) is 29.8 Å². The molecule has 0 saturated heterocycles. The third-order valence-electron chi connectivity index (χ3n) is 3.43. The number of aryl methyl sites for hydroxylation is 1. The minimum Gasteiger partial charge on any atom is -0.481 e. The van der Waals surface area contributed by atoms with E-state index in [4.69, 9.17) is 14.0 Å². The Labute approximate surface area is 123 Å². The zero-order valence-electron chi connectivity index (χ0n) is 11.7. The van der Waals surface area contributed by atoms with Crippen LogP contribution in [0.2, 0.25) is 0 Å². The fourth-order valence-electron chi connectivity index (χ4n) is 2.03. The number of hydrogen-bond acceptors (Lipinski definition) is 5. The Balaban J connectivity index is 1.71. The van der Waals surface area contributed by atoms with Crippen LogP contribution in [0.25, 0.3) is 0 Å². The average Bonchev–Trinajstić information content (AvgIpc) is 2.36. The molecular weight excluding hydrogens is 296 g/mol. The summed E-state index contributed by atoms with van der Waals surface area (Å²) in [5, 5.41) is 8.72. The van der Waals surface area contributed by atoms with Crippen LogP contribution in [0.3, 0.4) is 0 Å². The van der Waals surface area contributed by atoms with Crippen LogP contribution in [-0.4, -0.2) is 38.8 Å². The lowest BCUT2D eigenvalue weighted by Crippen LogP contribution is -2.36. The first-order valence-electron chi connectivity index (χ1n) is 6.69. The van der Waals surface area contributed by atoms with Crippen molar-refractivity contribution in [2.45, 2.75) is 30.8 Å². The Morgan fingerprint density at radius 3 is 2.43 bits per heavy atom. The summed E-state index contributed by atoms with van der Waals surface area (Å²) in [6.07, 6.45) is 0.830. The number of carboxylic acids is 1. The second-order valence-corrected chi connectivity index (χ2v) is 6.70. The topological polar surface area (TPSA) is 89.9 Å². The van der Waals surface area contributed by atoms with Crippen LogP contribution in [0.4, 0.5) is 0 Å². The van der Waals surface area contributed by atoms with Crippen molar-refractivity contribution in [3.63, 3.8) is 0 Å². The molecule has 116 valence electrons. The van der Waals surface area contributed by atoms with Gasteiger partial charge in [-0.2, -0.15) is 8.42 Å². The van der Waals surface area contributed by atoms with E-state index in [1.165, 1.54) is 12.1 Å². The van der Waals surface area contributed by atoms with Gasteiger partial charge in [-0.3, -0.25) is 8.98 Å². The first-order chi connectivity index (χ1) is 9.88. The SMILES string of the molecule is Cc1ccc(S(=O)(=O)OCCO[C@H]2C[C@@H](C(=O)O)C2)cc1. The molecule has 1 aliphatic rings. The van der Waals surface area contributed by atoms with E-state index in [0.717, 1.165) is 5.56 Å². The van der Waals surface area contributed by atoms with Crippen LogP contribution in [0.1, 0.15) is 18.4 Å². The Morgan fingerprint density at radius 2 is 1.86 bits per heavy atom. The number of ether oxygens (including phenoxy) is 1. The lowest BCUT2D eigenvalue weighted by molar-refractivity contribution is -0.151. The molecular formula is C14H18O6S. The zero-order chi connectivity index (χ0) is 15.5. The summed E-state index contributed by atoms with van der Waals surface area (Å²) in [6.45, 7) is 1.92. The molecule has 6 nitrogen and oxygen atoms in total. The molecule has 0 unspecified atom stereocenters. The molecule has 0 radical (unpaired) electrons. The molecule has 1 saturated carbocycles. The Hall–Kier alpha value is -1.44. The number of aliphatic carboxylic acids is 1. The summed E-state index contributed by atoms with van der Waals surface area (Å²) >= 11 is 0. The number of rotatable bonds is 7. The molecule has 1 fully saturated rings. The van der Waals surface area contributed by atoms with Gasteiger partial charge in [0.05, 0.1) is 30.1 Å². The number of carboxylic acid groups (broad SMARTS) is 1. The summed E-state index contributed by atoms with van der Waals surface area (Å²) in [4.78, 5) is 10.7. The van der Waals surface area contributed by atoms with E-state index < -0.39 is 16.1 Å². The maximum Gasteiger partial charge on any atom is 0.306 e. The van der Waals surface area contributed by atoms with Gasteiger partial charge in [0.25, 0.3) is 10.1 Å². The van der Waals surface area contributed by atoms with Crippen molar-refractivity contribution in [2.75, 3.05) is 13.2 Å². The average molecular weight is 314 g/mol. The lowest BCUT2D eigenvalue weighted by Gasteiger charge is -2.31. The number of hydrogen-bond donors (Lipinski definition) is 1. The molecule has 0 aliphatic heterocycles. The number of benzene rings is 1. The molecule has 1 aromatic carbocycles. The van der Waals surface area contributed by atoms with Gasteiger partial charge >= 0.3 is 5.97 Å².